The van der Waals surface area contributed by atoms with Crippen molar-refractivity contribution >= 4 is 5.90 Å². The van der Waals surface area contributed by atoms with Gasteiger partial charge in [0.15, 0.2) is 0 Å². The molecule has 0 radical (unpaired) electrons. The molecule has 2 atom stereocenters. The zero-order valence-corrected chi connectivity index (χ0v) is 12.8. The van der Waals surface area contributed by atoms with Gasteiger partial charge >= 0.3 is 11.8 Å². The Balaban J connectivity index is 2.35. The van der Waals surface area contributed by atoms with Crippen molar-refractivity contribution in [1.29, 1.82) is 10.7 Å². The molecule has 2 aromatic rings. The summed E-state index contributed by atoms with van der Waals surface area (Å²) in [6.07, 6.45) is -4.68. The standard InChI is InChI=1S/C17H11F3N2O3/c1-8-6-12-14(16(23)24-8)13(10(7-21)15(22)25-12)9-4-2-3-5-11(9)17(18,19)20/h2-6,10,13,22H,1H3. The van der Waals surface area contributed by atoms with E-state index in [4.69, 9.17) is 14.6 Å². The second-order valence-corrected chi connectivity index (χ2v) is 5.56. The molecule has 0 bridgehead atoms. The van der Waals surface area contributed by atoms with Crippen LogP contribution >= 0.6 is 0 Å². The Bertz CT molecular complexity index is 957. The molecule has 1 aromatic heterocycles. The van der Waals surface area contributed by atoms with Crippen molar-refractivity contribution < 1.29 is 22.3 Å². The topological polar surface area (TPSA) is 87.1 Å². The SMILES string of the molecule is Cc1cc2c(c(=O)o1)C(c1ccccc1C(F)(F)F)C(C#N)C(=N)O2. The van der Waals surface area contributed by atoms with E-state index in [1.165, 1.54) is 31.2 Å². The molecule has 0 amide bonds. The Kier molecular flexibility index (Phi) is 3.87. The Morgan fingerprint density at radius 1 is 1.28 bits per heavy atom. The summed E-state index contributed by atoms with van der Waals surface area (Å²) < 4.78 is 50.4. The van der Waals surface area contributed by atoms with Crippen LogP contribution in [0.2, 0.25) is 0 Å². The number of fused-ring (bicyclic) bond motifs is 1. The number of halogens is 3. The highest BCUT2D eigenvalue weighted by atomic mass is 19.4. The van der Waals surface area contributed by atoms with Gasteiger partial charge in [-0.3, -0.25) is 5.41 Å². The maximum atomic E-state index is 13.4. The first-order chi connectivity index (χ1) is 11.7. The van der Waals surface area contributed by atoms with E-state index in [2.05, 4.69) is 0 Å². The minimum atomic E-state index is -4.68. The predicted molar refractivity (Wildman–Crippen MR) is 80.5 cm³/mol. The van der Waals surface area contributed by atoms with Gasteiger partial charge in [0.1, 0.15) is 17.4 Å². The van der Waals surface area contributed by atoms with Gasteiger partial charge in [-0.05, 0) is 18.6 Å². The zero-order valence-electron chi connectivity index (χ0n) is 12.8. The highest BCUT2D eigenvalue weighted by Gasteiger charge is 2.44. The Morgan fingerprint density at radius 3 is 2.60 bits per heavy atom. The van der Waals surface area contributed by atoms with Crippen molar-refractivity contribution in [3.05, 3.63) is 63.2 Å². The van der Waals surface area contributed by atoms with E-state index in [-0.39, 0.29) is 22.6 Å². The molecule has 5 nitrogen and oxygen atoms in total. The van der Waals surface area contributed by atoms with E-state index in [0.29, 0.717) is 0 Å². The summed E-state index contributed by atoms with van der Waals surface area (Å²) in [4.78, 5) is 12.3. The molecule has 3 rings (SSSR count). The van der Waals surface area contributed by atoms with Crippen molar-refractivity contribution in [3.63, 3.8) is 0 Å². The summed E-state index contributed by atoms with van der Waals surface area (Å²) in [5.74, 6) is -3.07. The van der Waals surface area contributed by atoms with Gasteiger partial charge in [-0.15, -0.1) is 0 Å². The first-order valence-corrected chi connectivity index (χ1v) is 7.20. The molecule has 1 aliphatic rings. The number of rotatable bonds is 1. The molecule has 0 aliphatic carbocycles. The normalized spacial score (nSPS) is 19.7. The summed E-state index contributed by atoms with van der Waals surface area (Å²) in [6.45, 7) is 1.48. The van der Waals surface area contributed by atoms with Crippen LogP contribution in [0, 0.1) is 29.6 Å². The third-order valence-corrected chi connectivity index (χ3v) is 3.96. The molecular weight excluding hydrogens is 337 g/mol. The quantitative estimate of drug-likeness (QED) is 0.853. The van der Waals surface area contributed by atoms with Crippen molar-refractivity contribution in [2.75, 3.05) is 0 Å². The van der Waals surface area contributed by atoms with Crippen LogP contribution in [0.1, 0.15) is 28.4 Å². The molecule has 1 aliphatic heterocycles. The van der Waals surface area contributed by atoms with E-state index in [1.54, 1.807) is 6.07 Å². The minimum absolute atomic E-state index is 0.0628. The lowest BCUT2D eigenvalue weighted by Crippen LogP contribution is -2.35. The van der Waals surface area contributed by atoms with Crippen LogP contribution in [-0.2, 0) is 6.18 Å². The molecule has 2 heterocycles. The molecule has 25 heavy (non-hydrogen) atoms. The summed E-state index contributed by atoms with van der Waals surface area (Å²) in [5, 5.41) is 17.2. The molecule has 0 saturated heterocycles. The number of benzene rings is 1. The van der Waals surface area contributed by atoms with Crippen LogP contribution in [0.5, 0.6) is 5.75 Å². The highest BCUT2D eigenvalue weighted by molar-refractivity contribution is 5.85. The van der Waals surface area contributed by atoms with Crippen LogP contribution in [0.4, 0.5) is 13.2 Å². The molecular formula is C17H11F3N2O3. The zero-order chi connectivity index (χ0) is 18.4. The highest BCUT2D eigenvalue weighted by Crippen LogP contribution is 2.44. The number of nitrogens with one attached hydrogen (secondary N) is 1. The fourth-order valence-corrected chi connectivity index (χ4v) is 2.95. The first-order valence-electron chi connectivity index (χ1n) is 7.20. The van der Waals surface area contributed by atoms with Crippen LogP contribution in [0.15, 0.2) is 39.5 Å². The molecule has 0 fully saturated rings. The van der Waals surface area contributed by atoms with Crippen LogP contribution in [0.25, 0.3) is 0 Å². The average Bonchev–Trinajstić information content (AvgIpc) is 2.52. The van der Waals surface area contributed by atoms with Crippen LogP contribution in [-0.4, -0.2) is 5.90 Å². The molecule has 0 saturated carbocycles. The van der Waals surface area contributed by atoms with Gasteiger partial charge in [0.2, 0.25) is 5.90 Å². The van der Waals surface area contributed by atoms with Crippen molar-refractivity contribution in [2.45, 2.75) is 19.0 Å². The summed E-state index contributed by atoms with van der Waals surface area (Å²) >= 11 is 0. The molecule has 0 spiro atoms. The van der Waals surface area contributed by atoms with E-state index >= 15 is 0 Å². The van der Waals surface area contributed by atoms with E-state index in [0.717, 1.165) is 6.07 Å². The predicted octanol–water partition coefficient (Wildman–Crippen LogP) is 3.61. The van der Waals surface area contributed by atoms with E-state index in [9.17, 15) is 23.2 Å². The van der Waals surface area contributed by atoms with Gasteiger partial charge in [0.25, 0.3) is 0 Å². The van der Waals surface area contributed by atoms with Gasteiger partial charge in [-0.1, -0.05) is 18.2 Å². The Morgan fingerprint density at radius 2 is 1.96 bits per heavy atom. The van der Waals surface area contributed by atoms with Crippen molar-refractivity contribution in [1.82, 2.24) is 0 Å². The fraction of sp³-hybridized carbons (Fsp3) is 0.235. The monoisotopic (exact) mass is 348 g/mol. The smallest absolute Gasteiger partial charge is 0.416 e. The second kappa shape index (κ2) is 5.77. The van der Waals surface area contributed by atoms with Crippen molar-refractivity contribution in [3.8, 4) is 11.8 Å². The molecule has 8 heteroatoms. The average molecular weight is 348 g/mol. The molecule has 2 unspecified atom stereocenters. The summed E-state index contributed by atoms with van der Waals surface area (Å²) in [5.41, 5.74) is -2.32. The van der Waals surface area contributed by atoms with Gasteiger partial charge in [0.05, 0.1) is 17.2 Å². The number of hydrogen-bond acceptors (Lipinski definition) is 5. The van der Waals surface area contributed by atoms with Gasteiger partial charge in [0, 0.05) is 12.0 Å². The molecule has 1 N–H and O–H groups in total. The number of nitrogens with zero attached hydrogens (tertiary/aromatic N) is 1. The van der Waals surface area contributed by atoms with E-state index in [1.807, 2.05) is 0 Å². The summed E-state index contributed by atoms with van der Waals surface area (Å²) in [6, 6.07) is 7.76. The minimum Gasteiger partial charge on any atom is -0.441 e. The maximum absolute atomic E-state index is 13.4. The van der Waals surface area contributed by atoms with Crippen LogP contribution < -0.4 is 10.4 Å². The lowest BCUT2D eigenvalue weighted by atomic mass is 9.78. The summed E-state index contributed by atoms with van der Waals surface area (Å²) in [7, 11) is 0. The lowest BCUT2D eigenvalue weighted by Gasteiger charge is -2.30. The number of aryl methyl sites for hydroxylation is 1. The number of alkyl halides is 3. The van der Waals surface area contributed by atoms with Crippen LogP contribution in [0.3, 0.4) is 0 Å². The maximum Gasteiger partial charge on any atom is 0.416 e. The Labute approximate surface area is 139 Å². The second-order valence-electron chi connectivity index (χ2n) is 5.56. The number of nitriles is 1. The third-order valence-electron chi connectivity index (χ3n) is 3.96. The Hall–Kier alpha value is -3.08. The lowest BCUT2D eigenvalue weighted by molar-refractivity contribution is -0.138. The van der Waals surface area contributed by atoms with Gasteiger partial charge < -0.3 is 9.15 Å². The largest absolute Gasteiger partial charge is 0.441 e. The number of ether oxygens (including phenoxy) is 1. The first kappa shape index (κ1) is 16.8. The van der Waals surface area contributed by atoms with Crippen molar-refractivity contribution in [2.24, 2.45) is 5.92 Å². The fourth-order valence-electron chi connectivity index (χ4n) is 2.95. The molecule has 1 aromatic carbocycles. The molecule has 128 valence electrons. The van der Waals surface area contributed by atoms with E-state index < -0.39 is 35.1 Å². The number of hydrogen-bond donors (Lipinski definition) is 1. The van der Waals surface area contributed by atoms with Gasteiger partial charge in [-0.25, -0.2) is 4.79 Å². The third kappa shape index (κ3) is 2.78. The van der Waals surface area contributed by atoms with Gasteiger partial charge in [-0.2, -0.15) is 18.4 Å².